The van der Waals surface area contributed by atoms with Crippen molar-refractivity contribution < 1.29 is 50.3 Å². The van der Waals surface area contributed by atoms with Gasteiger partial charge in [0.2, 0.25) is 0 Å². The number of pyridine rings is 2. The van der Waals surface area contributed by atoms with Gasteiger partial charge in [0.25, 0.3) is 5.95 Å². The van der Waals surface area contributed by atoms with Crippen LogP contribution in [0.1, 0.15) is 11.4 Å². The Labute approximate surface area is 310 Å². The maximum atomic E-state index is 6.28. The summed E-state index contributed by atoms with van der Waals surface area (Å²) in [4.78, 5) is 13.6. The summed E-state index contributed by atoms with van der Waals surface area (Å²) in [5.74, 6) is 2.49. The van der Waals surface area contributed by atoms with E-state index in [0.717, 1.165) is 44.7 Å². The molecule has 0 radical (unpaired) electrons. The molecular formula is C39H24N6O2Pd2. The van der Waals surface area contributed by atoms with Crippen LogP contribution in [-0.2, 0) is 40.8 Å². The molecule has 0 amide bonds. The van der Waals surface area contributed by atoms with Crippen molar-refractivity contribution in [2.75, 3.05) is 0 Å². The Balaban J connectivity index is 0.00000208. The zero-order valence-corrected chi connectivity index (χ0v) is 29.1. The number of aryl methyl sites for hydroxylation is 2. The van der Waals surface area contributed by atoms with Gasteiger partial charge in [0.05, 0.1) is 11.4 Å². The molecule has 8 aromatic rings. The van der Waals surface area contributed by atoms with Gasteiger partial charge in [-0.25, -0.2) is 4.98 Å². The number of nitrogens with zero attached hydrogens (tertiary/aromatic N) is 6. The van der Waals surface area contributed by atoms with Gasteiger partial charge < -0.3 is 24.0 Å². The van der Waals surface area contributed by atoms with Crippen LogP contribution in [0.4, 0.5) is 0 Å². The third kappa shape index (κ3) is 6.92. The molecule has 0 unspecified atom stereocenters. The Hall–Kier alpha value is -5.09. The summed E-state index contributed by atoms with van der Waals surface area (Å²) >= 11 is 0. The molecule has 0 aliphatic heterocycles. The molecule has 0 aliphatic carbocycles. The molecule has 8 rings (SSSR count). The number of benzene rings is 4. The second kappa shape index (κ2) is 14.6. The fourth-order valence-corrected chi connectivity index (χ4v) is 5.28. The molecule has 242 valence electrons. The molecule has 0 saturated carbocycles. The molecule has 0 saturated heterocycles. The molecule has 4 heterocycles. The number of hydrogen-bond acceptors (Lipinski definition) is 7. The smallest absolute Gasteiger partial charge is 0.503 e. The quantitative estimate of drug-likeness (QED) is 0.118. The van der Waals surface area contributed by atoms with Crippen molar-refractivity contribution in [2.45, 2.75) is 13.8 Å². The van der Waals surface area contributed by atoms with Gasteiger partial charge in [-0.05, 0) is 37.4 Å². The van der Waals surface area contributed by atoms with E-state index >= 15 is 0 Å². The van der Waals surface area contributed by atoms with Crippen molar-refractivity contribution in [2.24, 2.45) is 0 Å². The summed E-state index contributed by atoms with van der Waals surface area (Å²) in [5, 5.41) is 10.7. The number of fused-ring (bicyclic) bond motifs is 3. The number of hydrogen-bond donors (Lipinski definition) is 0. The van der Waals surface area contributed by atoms with E-state index in [1.165, 1.54) is 0 Å². The van der Waals surface area contributed by atoms with Gasteiger partial charge in [-0.3, -0.25) is 0 Å². The molecule has 0 spiro atoms. The van der Waals surface area contributed by atoms with Crippen LogP contribution in [0.5, 0.6) is 23.0 Å². The predicted molar refractivity (Wildman–Crippen MR) is 178 cm³/mol. The average molecular weight is 822 g/mol. The predicted octanol–water partition coefficient (Wildman–Crippen LogP) is 8.49. The molecule has 0 aliphatic rings. The minimum atomic E-state index is 0. The van der Waals surface area contributed by atoms with Crippen LogP contribution in [0.15, 0.2) is 109 Å². The zero-order valence-electron chi connectivity index (χ0n) is 26.0. The second-order valence-corrected chi connectivity index (χ2v) is 10.8. The van der Waals surface area contributed by atoms with Gasteiger partial charge >= 0.3 is 40.8 Å². The molecule has 4 aromatic heterocycles. The van der Waals surface area contributed by atoms with Crippen LogP contribution in [0.25, 0.3) is 50.3 Å². The minimum absolute atomic E-state index is 0. The van der Waals surface area contributed by atoms with Gasteiger partial charge in [-0.2, -0.15) is 28.0 Å². The van der Waals surface area contributed by atoms with E-state index in [4.69, 9.17) is 14.5 Å². The molecule has 10 heteroatoms. The first-order chi connectivity index (χ1) is 23.1. The fraction of sp³-hybridized carbons (Fsp3) is 0.0513. The van der Waals surface area contributed by atoms with Gasteiger partial charge in [0, 0.05) is 35.4 Å². The summed E-state index contributed by atoms with van der Waals surface area (Å²) < 4.78 is 14.4. The largest absolute Gasteiger partial charge is 2.00 e. The van der Waals surface area contributed by atoms with Crippen molar-refractivity contribution in [1.82, 2.24) is 29.7 Å². The zero-order chi connectivity index (χ0) is 31.7. The number of rotatable bonds is 7. The third-order valence-electron chi connectivity index (χ3n) is 7.67. The van der Waals surface area contributed by atoms with E-state index in [0.29, 0.717) is 40.0 Å². The third-order valence-corrected chi connectivity index (χ3v) is 7.67. The molecule has 0 fully saturated rings. The van der Waals surface area contributed by atoms with E-state index in [9.17, 15) is 0 Å². The molecule has 0 atom stereocenters. The maximum absolute atomic E-state index is 6.28. The monoisotopic (exact) mass is 820 g/mol. The van der Waals surface area contributed by atoms with Gasteiger partial charge in [0.15, 0.2) is 0 Å². The van der Waals surface area contributed by atoms with Crippen LogP contribution in [0, 0.1) is 38.1 Å². The Morgan fingerprint density at radius 3 is 1.49 bits per heavy atom. The van der Waals surface area contributed by atoms with E-state index in [1.807, 2.05) is 115 Å². The Kier molecular flexibility index (Phi) is 10.1. The van der Waals surface area contributed by atoms with E-state index < -0.39 is 0 Å². The van der Waals surface area contributed by atoms with Crippen molar-refractivity contribution in [3.05, 3.63) is 145 Å². The first-order valence-electron chi connectivity index (χ1n) is 14.9. The summed E-state index contributed by atoms with van der Waals surface area (Å²) in [6, 6.07) is 44.2. The van der Waals surface area contributed by atoms with E-state index in [1.54, 1.807) is 12.4 Å². The fourth-order valence-electron chi connectivity index (χ4n) is 5.28. The standard InChI is InChI=1S/C39H24N6O2.2Pd/c1-25-26(2)43-44-39(42-25)45-37-23-31(46-29-11-7-9-27(21-29)35-13-3-5-19-40-35)15-17-33(37)34-18-16-32(24-38(34)45)47-30-12-8-10-28(22-30)36-14-4-6-20-41-36;;/h3-20H,1-2H3;;/q-4;2*+2. The Morgan fingerprint density at radius 1 is 0.510 bits per heavy atom. The average Bonchev–Trinajstić information content (AvgIpc) is 3.43. The molecule has 8 nitrogen and oxygen atoms in total. The molecule has 49 heavy (non-hydrogen) atoms. The first-order valence-corrected chi connectivity index (χ1v) is 14.9. The van der Waals surface area contributed by atoms with Crippen LogP contribution in [0.3, 0.4) is 0 Å². The molecule has 0 N–H and O–H groups in total. The van der Waals surface area contributed by atoms with E-state index in [-0.39, 0.29) is 40.8 Å². The van der Waals surface area contributed by atoms with Crippen molar-refractivity contribution in [1.29, 1.82) is 0 Å². The number of ether oxygens (including phenoxy) is 2. The summed E-state index contributed by atoms with van der Waals surface area (Å²) in [6.07, 6.45) is 3.51. The molecule has 0 bridgehead atoms. The van der Waals surface area contributed by atoms with Crippen molar-refractivity contribution in [3.63, 3.8) is 0 Å². The van der Waals surface area contributed by atoms with Crippen molar-refractivity contribution >= 4 is 21.8 Å². The van der Waals surface area contributed by atoms with Gasteiger partial charge in [-0.15, -0.1) is 76.9 Å². The summed E-state index contributed by atoms with van der Waals surface area (Å²) in [7, 11) is 0. The van der Waals surface area contributed by atoms with Crippen molar-refractivity contribution in [3.8, 4) is 51.5 Å². The summed E-state index contributed by atoms with van der Waals surface area (Å²) in [5.41, 5.74) is 6.23. The van der Waals surface area contributed by atoms with Gasteiger partial charge in [0.1, 0.15) is 0 Å². The van der Waals surface area contributed by atoms with Crippen LogP contribution >= 0.6 is 0 Å². The van der Waals surface area contributed by atoms with Crippen LogP contribution < -0.4 is 9.47 Å². The summed E-state index contributed by atoms with van der Waals surface area (Å²) in [6.45, 7) is 3.79. The molecule has 4 aromatic carbocycles. The SMILES string of the molecule is Cc1nnc(-n2c3[c-]c(Oc4[c-]c(-c5ccccn5)ccc4)ccc3c3ccc(Oc4[c-]c(-c5ccccn5)ccc4)[c-]c32)nc1C.[Pd+2].[Pd+2]. The second-order valence-electron chi connectivity index (χ2n) is 10.8. The number of aromatic nitrogens is 6. The topological polar surface area (TPSA) is 87.8 Å². The van der Waals surface area contributed by atoms with Gasteiger partial charge in [-0.1, -0.05) is 47.4 Å². The van der Waals surface area contributed by atoms with E-state index in [2.05, 4.69) is 44.4 Å². The van der Waals surface area contributed by atoms with Crippen LogP contribution in [-0.4, -0.2) is 29.7 Å². The Morgan fingerprint density at radius 2 is 1.02 bits per heavy atom. The maximum Gasteiger partial charge on any atom is 2.00 e. The van der Waals surface area contributed by atoms with Crippen LogP contribution in [0.2, 0.25) is 0 Å². The molecular weight excluding hydrogens is 797 g/mol. The Bertz CT molecular complexity index is 2260. The minimum Gasteiger partial charge on any atom is -0.503 e. The normalized spacial score (nSPS) is 10.7. The first kappa shape index (κ1) is 33.8.